The zero-order valence-electron chi connectivity index (χ0n) is 24.1. The van der Waals surface area contributed by atoms with Gasteiger partial charge in [-0.3, -0.25) is 9.59 Å². The molecule has 2 heterocycles. The molecule has 0 bridgehead atoms. The summed E-state index contributed by atoms with van der Waals surface area (Å²) in [5, 5.41) is 7.10. The summed E-state index contributed by atoms with van der Waals surface area (Å²) in [7, 11) is 0. The Balaban J connectivity index is 1.39. The summed E-state index contributed by atoms with van der Waals surface area (Å²) >= 11 is 0. The lowest BCUT2D eigenvalue weighted by atomic mass is 9.71. The van der Waals surface area contributed by atoms with Gasteiger partial charge in [0.2, 0.25) is 17.7 Å². The summed E-state index contributed by atoms with van der Waals surface area (Å²) in [4.78, 5) is 29.7. The zero-order valence-corrected chi connectivity index (χ0v) is 24.1. The number of rotatable bonds is 10. The predicted octanol–water partition coefficient (Wildman–Crippen LogP) is 6.82. The smallest absolute Gasteiger partial charge is 0.366 e. The van der Waals surface area contributed by atoms with Crippen molar-refractivity contribution in [2.24, 2.45) is 17.6 Å². The number of hydrogen-bond donors (Lipinski definition) is 2. The molecule has 242 valence electrons. The molecule has 0 aliphatic heterocycles. The SMILES string of the molecule is NC(=O)c1cccc(C2CC2(F)F)c1[C@@H](c1cn2ncc([C@H](NC(=O)CCC(F)(F)F)C3CC3)cc2n1)C1CCC(F)(F)CC1. The standard InChI is InChI=1S/C31H32F7N5O2/c32-29(33)9-6-16(7-10-29)25(26-19(21-13-30(21,34)35)2-1-3-20(26)28(39)45)22-15-43-23(41-22)12-18(14-40-43)27(17-4-5-17)42-24(44)8-11-31(36,37)38/h1-3,12,14-17,21,25,27H,4-11,13H2,(H2,39,45)(H,42,44)/t21?,25-,27-/m1/s1. The van der Waals surface area contributed by atoms with Crippen LogP contribution in [0, 0.1) is 11.8 Å². The molecule has 3 N–H and O–H groups in total. The van der Waals surface area contributed by atoms with E-state index in [1.54, 1.807) is 12.3 Å². The second-order valence-corrected chi connectivity index (χ2v) is 12.6. The number of aromatic nitrogens is 3. The highest BCUT2D eigenvalue weighted by molar-refractivity contribution is 5.95. The van der Waals surface area contributed by atoms with Crippen LogP contribution in [0.2, 0.25) is 0 Å². The Bertz CT molecular complexity index is 1610. The molecule has 2 aromatic heterocycles. The molecule has 14 heteroatoms. The number of nitrogens with two attached hydrogens (primary N) is 1. The van der Waals surface area contributed by atoms with Crippen LogP contribution >= 0.6 is 0 Å². The van der Waals surface area contributed by atoms with Crippen LogP contribution < -0.4 is 11.1 Å². The zero-order chi connectivity index (χ0) is 32.3. The van der Waals surface area contributed by atoms with Crippen LogP contribution in [0.25, 0.3) is 5.65 Å². The normalized spacial score (nSPS) is 22.6. The molecule has 2 amide bonds. The minimum absolute atomic E-state index is 0.0142. The molecule has 1 aromatic carbocycles. The molecular weight excluding hydrogens is 607 g/mol. The fraction of sp³-hybridized carbons (Fsp3) is 0.548. The van der Waals surface area contributed by atoms with E-state index in [4.69, 9.17) is 10.7 Å². The molecule has 1 unspecified atom stereocenters. The summed E-state index contributed by atoms with van der Waals surface area (Å²) in [5.74, 6) is -9.84. The first kappa shape index (κ1) is 31.3. The van der Waals surface area contributed by atoms with Gasteiger partial charge in [-0.1, -0.05) is 12.1 Å². The van der Waals surface area contributed by atoms with Crippen molar-refractivity contribution in [3.63, 3.8) is 0 Å². The van der Waals surface area contributed by atoms with Crippen LogP contribution in [0.1, 0.15) is 108 Å². The first-order chi connectivity index (χ1) is 21.1. The van der Waals surface area contributed by atoms with Crippen molar-refractivity contribution < 1.29 is 40.3 Å². The maximum absolute atomic E-state index is 14.4. The number of carbonyl (C=O) groups is 2. The van der Waals surface area contributed by atoms with Gasteiger partial charge in [0.15, 0.2) is 5.65 Å². The van der Waals surface area contributed by atoms with E-state index < -0.39 is 85.7 Å². The van der Waals surface area contributed by atoms with E-state index >= 15 is 0 Å². The average molecular weight is 640 g/mol. The predicted molar refractivity (Wildman–Crippen MR) is 148 cm³/mol. The quantitative estimate of drug-likeness (QED) is 0.238. The number of benzene rings is 1. The van der Waals surface area contributed by atoms with Crippen LogP contribution in [0.15, 0.2) is 36.7 Å². The number of fused-ring (bicyclic) bond motifs is 1. The number of hydrogen-bond acceptors (Lipinski definition) is 4. The fourth-order valence-electron chi connectivity index (χ4n) is 6.65. The van der Waals surface area contributed by atoms with Crippen LogP contribution in [0.3, 0.4) is 0 Å². The van der Waals surface area contributed by atoms with Gasteiger partial charge in [0, 0.05) is 37.2 Å². The highest BCUT2D eigenvalue weighted by Crippen LogP contribution is 2.58. The number of halogens is 7. The number of carbonyl (C=O) groups excluding carboxylic acids is 2. The molecule has 3 atom stereocenters. The summed E-state index contributed by atoms with van der Waals surface area (Å²) in [5.41, 5.74) is 7.43. The van der Waals surface area contributed by atoms with E-state index in [1.807, 2.05) is 0 Å². The molecule has 0 radical (unpaired) electrons. The Morgan fingerprint density at radius 2 is 1.76 bits per heavy atom. The number of nitrogens with zero attached hydrogens (tertiary/aromatic N) is 3. The van der Waals surface area contributed by atoms with Gasteiger partial charge in [0.1, 0.15) is 0 Å². The number of primary amides is 1. The highest BCUT2D eigenvalue weighted by Gasteiger charge is 2.59. The Hall–Kier alpha value is -3.71. The fourth-order valence-corrected chi connectivity index (χ4v) is 6.65. The minimum atomic E-state index is -4.47. The van der Waals surface area contributed by atoms with E-state index in [2.05, 4.69) is 10.4 Å². The van der Waals surface area contributed by atoms with Gasteiger partial charge in [-0.25, -0.2) is 27.1 Å². The summed E-state index contributed by atoms with van der Waals surface area (Å²) in [6.45, 7) is 0. The maximum Gasteiger partial charge on any atom is 0.389 e. The molecule has 3 saturated carbocycles. The molecule has 45 heavy (non-hydrogen) atoms. The number of amides is 2. The van der Waals surface area contributed by atoms with Gasteiger partial charge in [0.25, 0.3) is 5.92 Å². The Morgan fingerprint density at radius 1 is 1.07 bits per heavy atom. The van der Waals surface area contributed by atoms with Crippen molar-refractivity contribution in [3.8, 4) is 0 Å². The summed E-state index contributed by atoms with van der Waals surface area (Å²) in [6, 6.07) is 5.51. The maximum atomic E-state index is 14.4. The third-order valence-electron chi connectivity index (χ3n) is 9.23. The van der Waals surface area contributed by atoms with Crippen LogP contribution in [0.5, 0.6) is 0 Å². The molecule has 3 fully saturated rings. The number of imidazole rings is 1. The van der Waals surface area contributed by atoms with Crippen LogP contribution in [-0.4, -0.2) is 44.4 Å². The average Bonchev–Trinajstić information content (AvgIpc) is 3.86. The van der Waals surface area contributed by atoms with Crippen LogP contribution in [-0.2, 0) is 4.79 Å². The van der Waals surface area contributed by atoms with E-state index in [-0.39, 0.29) is 35.4 Å². The summed E-state index contributed by atoms with van der Waals surface area (Å²) in [6.07, 6.45) is -2.94. The lowest BCUT2D eigenvalue weighted by Crippen LogP contribution is -2.30. The van der Waals surface area contributed by atoms with Gasteiger partial charge < -0.3 is 11.1 Å². The molecule has 6 rings (SSSR count). The Labute approximate surface area is 253 Å². The first-order valence-electron chi connectivity index (χ1n) is 15.0. The van der Waals surface area contributed by atoms with E-state index in [1.165, 1.54) is 28.9 Å². The largest absolute Gasteiger partial charge is 0.389 e. The first-order valence-corrected chi connectivity index (χ1v) is 15.0. The third kappa shape index (κ3) is 6.79. The molecule has 0 spiro atoms. The van der Waals surface area contributed by atoms with Gasteiger partial charge >= 0.3 is 6.18 Å². The molecule has 3 aliphatic rings. The summed E-state index contributed by atoms with van der Waals surface area (Å²) < 4.78 is 96.8. The topological polar surface area (TPSA) is 102 Å². The van der Waals surface area contributed by atoms with Crippen molar-refractivity contribution in [3.05, 3.63) is 64.6 Å². The van der Waals surface area contributed by atoms with Crippen molar-refractivity contribution in [1.29, 1.82) is 0 Å². The molecular formula is C31H32F7N5O2. The molecule has 3 aliphatic carbocycles. The second-order valence-electron chi connectivity index (χ2n) is 12.6. The van der Waals surface area contributed by atoms with Gasteiger partial charge in [-0.05, 0) is 66.3 Å². The lowest BCUT2D eigenvalue weighted by Gasteiger charge is -2.35. The van der Waals surface area contributed by atoms with Crippen molar-refractivity contribution in [2.45, 2.75) is 93.7 Å². The number of nitrogens with one attached hydrogen (secondary N) is 1. The van der Waals surface area contributed by atoms with Crippen molar-refractivity contribution in [1.82, 2.24) is 19.9 Å². The Kier molecular flexibility index (Phi) is 7.83. The minimum Gasteiger partial charge on any atom is -0.366 e. The van der Waals surface area contributed by atoms with E-state index in [0.717, 1.165) is 12.8 Å². The van der Waals surface area contributed by atoms with Gasteiger partial charge in [-0.15, -0.1) is 0 Å². The highest BCUT2D eigenvalue weighted by atomic mass is 19.4. The van der Waals surface area contributed by atoms with Crippen molar-refractivity contribution in [2.75, 3.05) is 0 Å². The second kappa shape index (κ2) is 11.3. The molecule has 3 aromatic rings. The lowest BCUT2D eigenvalue weighted by molar-refractivity contribution is -0.144. The van der Waals surface area contributed by atoms with Crippen molar-refractivity contribution >= 4 is 17.5 Å². The Morgan fingerprint density at radius 3 is 2.36 bits per heavy atom. The molecule has 7 nitrogen and oxygen atoms in total. The molecule has 0 saturated heterocycles. The van der Waals surface area contributed by atoms with Gasteiger partial charge in [0.05, 0.1) is 36.5 Å². The van der Waals surface area contributed by atoms with E-state index in [9.17, 15) is 40.3 Å². The van der Waals surface area contributed by atoms with Gasteiger partial charge in [-0.2, -0.15) is 18.3 Å². The monoisotopic (exact) mass is 639 g/mol. The number of alkyl halides is 7. The third-order valence-corrected chi connectivity index (χ3v) is 9.23. The van der Waals surface area contributed by atoms with E-state index in [0.29, 0.717) is 16.9 Å². The van der Waals surface area contributed by atoms with Crippen LogP contribution in [0.4, 0.5) is 30.7 Å².